The number of carbonyl (C=O) groups is 1. The fraction of sp³-hybridized carbons (Fsp3) is 0.750. The minimum atomic E-state index is 0.00718. The van der Waals surface area contributed by atoms with Crippen LogP contribution >= 0.6 is 16.1 Å². The van der Waals surface area contributed by atoms with Crippen LogP contribution in [0.2, 0.25) is 0 Å². The summed E-state index contributed by atoms with van der Waals surface area (Å²) in [6.45, 7) is 2.91. The molecule has 0 fully saturated rings. The van der Waals surface area contributed by atoms with Crippen LogP contribution in [0.15, 0.2) is 0 Å². The molecule has 0 heterocycles. The molecular formula is C4H9BrN2O. The van der Waals surface area contributed by atoms with E-state index in [9.17, 15) is 4.79 Å². The van der Waals surface area contributed by atoms with Crippen LogP contribution in [0, 0.1) is 0 Å². The summed E-state index contributed by atoms with van der Waals surface area (Å²) in [4.78, 5) is 10.2. The fourth-order valence-corrected chi connectivity index (χ4v) is 0.484. The molecule has 0 aromatic heterocycles. The summed E-state index contributed by atoms with van der Waals surface area (Å²) >= 11 is 3.00. The maximum atomic E-state index is 10.2. The van der Waals surface area contributed by atoms with Crippen LogP contribution in [-0.4, -0.2) is 19.0 Å². The van der Waals surface area contributed by atoms with E-state index in [0.717, 1.165) is 6.54 Å². The predicted octanol–water partition coefficient (Wildman–Crippen LogP) is 0.0220. The third-order valence-electron chi connectivity index (χ3n) is 0.593. The smallest absolute Gasteiger partial charge is 0.216 e. The quantitative estimate of drug-likeness (QED) is 0.476. The van der Waals surface area contributed by atoms with Crippen LogP contribution in [0.3, 0.4) is 0 Å². The van der Waals surface area contributed by atoms with Crippen molar-refractivity contribution < 1.29 is 4.79 Å². The lowest BCUT2D eigenvalue weighted by molar-refractivity contribution is -0.118. The molecule has 0 atom stereocenters. The maximum Gasteiger partial charge on any atom is 0.216 e. The Morgan fingerprint density at radius 3 is 2.62 bits per heavy atom. The minimum absolute atomic E-state index is 0.00718. The molecule has 2 N–H and O–H groups in total. The molecule has 0 saturated carbocycles. The summed E-state index contributed by atoms with van der Waals surface area (Å²) in [5.41, 5.74) is 0. The van der Waals surface area contributed by atoms with Gasteiger partial charge in [-0.15, -0.1) is 0 Å². The summed E-state index contributed by atoms with van der Waals surface area (Å²) in [5, 5.41) is 2.62. The Hall–Kier alpha value is -0.0900. The lowest BCUT2D eigenvalue weighted by Gasteiger charge is -1.96. The first-order chi connectivity index (χ1) is 3.77. The van der Waals surface area contributed by atoms with Crippen LogP contribution in [0.25, 0.3) is 0 Å². The normalized spacial score (nSPS) is 8.75. The topological polar surface area (TPSA) is 41.1 Å². The van der Waals surface area contributed by atoms with Gasteiger partial charge in [0.1, 0.15) is 0 Å². The highest BCUT2D eigenvalue weighted by Gasteiger charge is 1.85. The zero-order valence-electron chi connectivity index (χ0n) is 4.70. The van der Waals surface area contributed by atoms with Gasteiger partial charge in [0.2, 0.25) is 5.91 Å². The zero-order chi connectivity index (χ0) is 6.41. The van der Waals surface area contributed by atoms with Crippen molar-refractivity contribution in [2.45, 2.75) is 6.92 Å². The Labute approximate surface area is 57.2 Å². The summed E-state index contributed by atoms with van der Waals surface area (Å²) < 4.78 is 2.72. The molecule has 0 spiro atoms. The molecule has 0 saturated heterocycles. The van der Waals surface area contributed by atoms with Crippen molar-refractivity contribution in [2.24, 2.45) is 0 Å². The van der Waals surface area contributed by atoms with E-state index in [-0.39, 0.29) is 5.91 Å². The van der Waals surface area contributed by atoms with Crippen LogP contribution < -0.4 is 9.66 Å². The summed E-state index contributed by atoms with van der Waals surface area (Å²) in [6.07, 6.45) is 0. The number of halogens is 1. The van der Waals surface area contributed by atoms with Crippen molar-refractivity contribution in [3.8, 4) is 0 Å². The average molecular weight is 181 g/mol. The highest BCUT2D eigenvalue weighted by molar-refractivity contribution is 9.08. The Morgan fingerprint density at radius 1 is 1.62 bits per heavy atom. The van der Waals surface area contributed by atoms with Gasteiger partial charge in [-0.25, -0.2) is 0 Å². The molecule has 0 aromatic carbocycles. The molecule has 0 bridgehead atoms. The van der Waals surface area contributed by atoms with Crippen molar-refractivity contribution in [1.29, 1.82) is 0 Å². The Balaban J connectivity index is 2.82. The van der Waals surface area contributed by atoms with E-state index in [2.05, 4.69) is 25.8 Å². The average Bonchev–Trinajstić information content (AvgIpc) is 1.66. The van der Waals surface area contributed by atoms with Crippen molar-refractivity contribution in [3.05, 3.63) is 0 Å². The van der Waals surface area contributed by atoms with Crippen molar-refractivity contribution in [3.63, 3.8) is 0 Å². The first-order valence-electron chi connectivity index (χ1n) is 2.35. The molecular weight excluding hydrogens is 172 g/mol. The van der Waals surface area contributed by atoms with Gasteiger partial charge >= 0.3 is 0 Å². The van der Waals surface area contributed by atoms with Gasteiger partial charge in [-0.2, -0.15) is 0 Å². The van der Waals surface area contributed by atoms with Gasteiger partial charge in [0, 0.05) is 36.2 Å². The molecule has 3 nitrogen and oxygen atoms in total. The Bertz CT molecular complexity index is 76.4. The molecule has 0 aliphatic rings. The van der Waals surface area contributed by atoms with E-state index in [4.69, 9.17) is 0 Å². The minimum Gasteiger partial charge on any atom is -0.355 e. The number of amides is 1. The zero-order valence-corrected chi connectivity index (χ0v) is 6.29. The molecule has 0 aliphatic carbocycles. The Kier molecular flexibility index (Phi) is 5.00. The maximum absolute atomic E-state index is 10.2. The van der Waals surface area contributed by atoms with Crippen LogP contribution in [-0.2, 0) is 4.79 Å². The van der Waals surface area contributed by atoms with Crippen LogP contribution in [0.1, 0.15) is 6.92 Å². The third-order valence-corrected chi connectivity index (χ3v) is 0.990. The van der Waals surface area contributed by atoms with E-state index in [1.54, 1.807) is 0 Å². The van der Waals surface area contributed by atoms with Crippen LogP contribution in [0.5, 0.6) is 0 Å². The van der Waals surface area contributed by atoms with Gasteiger partial charge < -0.3 is 5.32 Å². The third kappa shape index (κ3) is 5.91. The SMILES string of the molecule is CC(=O)NCCNBr. The molecule has 0 rings (SSSR count). The summed E-state index contributed by atoms with van der Waals surface area (Å²) in [5.74, 6) is 0.00718. The van der Waals surface area contributed by atoms with Gasteiger partial charge in [-0.3, -0.25) is 9.14 Å². The second-order valence-electron chi connectivity index (χ2n) is 1.37. The van der Waals surface area contributed by atoms with E-state index in [1.165, 1.54) is 6.92 Å². The number of hydrogen-bond donors (Lipinski definition) is 2. The number of rotatable bonds is 3. The number of hydrogen-bond acceptors (Lipinski definition) is 2. The number of nitrogens with one attached hydrogen (secondary N) is 2. The fourth-order valence-electron chi connectivity index (χ4n) is 0.286. The summed E-state index contributed by atoms with van der Waals surface area (Å²) in [6, 6.07) is 0. The lowest BCUT2D eigenvalue weighted by atomic mass is 10.6. The van der Waals surface area contributed by atoms with Crippen molar-refractivity contribution in [2.75, 3.05) is 13.1 Å². The predicted molar refractivity (Wildman–Crippen MR) is 35.6 cm³/mol. The van der Waals surface area contributed by atoms with E-state index >= 15 is 0 Å². The summed E-state index contributed by atoms with van der Waals surface area (Å²) in [7, 11) is 0. The molecule has 48 valence electrons. The monoisotopic (exact) mass is 180 g/mol. The van der Waals surface area contributed by atoms with Crippen molar-refractivity contribution in [1.82, 2.24) is 9.66 Å². The second kappa shape index (κ2) is 5.05. The van der Waals surface area contributed by atoms with E-state index < -0.39 is 0 Å². The van der Waals surface area contributed by atoms with Gasteiger partial charge in [-0.1, -0.05) is 0 Å². The molecule has 0 unspecified atom stereocenters. The Morgan fingerprint density at radius 2 is 2.25 bits per heavy atom. The highest BCUT2D eigenvalue weighted by Crippen LogP contribution is 1.64. The van der Waals surface area contributed by atoms with Gasteiger partial charge in [0.25, 0.3) is 0 Å². The second-order valence-corrected chi connectivity index (χ2v) is 1.93. The molecule has 0 aliphatic heterocycles. The van der Waals surface area contributed by atoms with Gasteiger partial charge in [0.05, 0.1) is 0 Å². The number of carbonyl (C=O) groups excluding carboxylic acids is 1. The standard InChI is InChI=1S/C4H9BrN2O/c1-4(8)6-2-3-7-5/h7H,2-3H2,1H3,(H,6,8). The largest absolute Gasteiger partial charge is 0.355 e. The van der Waals surface area contributed by atoms with E-state index in [1.807, 2.05) is 0 Å². The first kappa shape index (κ1) is 7.91. The molecule has 0 radical (unpaired) electrons. The van der Waals surface area contributed by atoms with Gasteiger partial charge in [0.15, 0.2) is 0 Å². The van der Waals surface area contributed by atoms with Crippen molar-refractivity contribution >= 4 is 22.1 Å². The van der Waals surface area contributed by atoms with Crippen LogP contribution in [0.4, 0.5) is 0 Å². The molecule has 1 amide bonds. The molecule has 4 heteroatoms. The van der Waals surface area contributed by atoms with Gasteiger partial charge in [-0.05, 0) is 0 Å². The first-order valence-corrected chi connectivity index (χ1v) is 3.14. The highest BCUT2D eigenvalue weighted by atomic mass is 79.9. The molecule has 0 aromatic rings. The lowest BCUT2D eigenvalue weighted by Crippen LogP contribution is -2.26. The molecule has 8 heavy (non-hydrogen) atoms. The van der Waals surface area contributed by atoms with E-state index in [0.29, 0.717) is 6.54 Å².